The highest BCUT2D eigenvalue weighted by Gasteiger charge is 2.18. The van der Waals surface area contributed by atoms with Crippen molar-refractivity contribution >= 4 is 17.7 Å². The molecule has 0 aliphatic carbocycles. The summed E-state index contributed by atoms with van der Waals surface area (Å²) >= 11 is 1.63. The number of nitrogens with one attached hydrogen (secondary N) is 2. The molecule has 4 nitrogen and oxygen atoms in total. The second-order valence-corrected chi connectivity index (χ2v) is 4.75. The van der Waals surface area contributed by atoms with Crippen molar-refractivity contribution in [3.8, 4) is 0 Å². The Morgan fingerprint density at radius 1 is 1.53 bits per heavy atom. The van der Waals surface area contributed by atoms with Crippen molar-refractivity contribution in [2.75, 3.05) is 32.1 Å². The van der Waals surface area contributed by atoms with Gasteiger partial charge in [0.05, 0.1) is 5.60 Å². The van der Waals surface area contributed by atoms with Gasteiger partial charge in [-0.15, -0.1) is 0 Å². The lowest BCUT2D eigenvalue weighted by Gasteiger charge is -2.22. The molecule has 0 aliphatic heterocycles. The summed E-state index contributed by atoms with van der Waals surface area (Å²) < 4.78 is 0. The van der Waals surface area contributed by atoms with E-state index in [-0.39, 0.29) is 5.91 Å². The van der Waals surface area contributed by atoms with Crippen LogP contribution in [0.15, 0.2) is 0 Å². The van der Waals surface area contributed by atoms with E-state index in [9.17, 15) is 9.90 Å². The summed E-state index contributed by atoms with van der Waals surface area (Å²) in [5, 5.41) is 15.5. The first-order valence-corrected chi connectivity index (χ1v) is 6.54. The first kappa shape index (κ1) is 14.7. The number of thioether (sulfide) groups is 1. The number of carbonyl (C=O) groups excluding carboxylic acids is 1. The Labute approximate surface area is 96.2 Å². The average Bonchev–Trinajstić information content (AvgIpc) is 2.16. The fraction of sp³-hybridized carbons (Fsp3) is 0.900. The highest BCUT2D eigenvalue weighted by atomic mass is 32.2. The van der Waals surface area contributed by atoms with E-state index >= 15 is 0 Å². The van der Waals surface area contributed by atoms with Crippen molar-refractivity contribution in [3.63, 3.8) is 0 Å². The summed E-state index contributed by atoms with van der Waals surface area (Å²) in [7, 11) is 1.64. The molecule has 0 aromatic rings. The number of hydrogen-bond acceptors (Lipinski definition) is 4. The van der Waals surface area contributed by atoms with Gasteiger partial charge in [-0.3, -0.25) is 4.79 Å². The minimum Gasteiger partial charge on any atom is -0.388 e. The van der Waals surface area contributed by atoms with Crippen molar-refractivity contribution in [1.29, 1.82) is 0 Å². The molecule has 0 aromatic carbocycles. The largest absolute Gasteiger partial charge is 0.388 e. The molecular weight excluding hydrogens is 212 g/mol. The van der Waals surface area contributed by atoms with Gasteiger partial charge in [0.1, 0.15) is 0 Å². The third-order valence-electron chi connectivity index (χ3n) is 2.00. The van der Waals surface area contributed by atoms with Crippen molar-refractivity contribution in [2.24, 2.45) is 0 Å². The summed E-state index contributed by atoms with van der Waals surface area (Å²) in [4.78, 5) is 10.9. The summed E-state index contributed by atoms with van der Waals surface area (Å²) in [6, 6.07) is 0. The Kier molecular flexibility index (Phi) is 7.82. The van der Waals surface area contributed by atoms with Gasteiger partial charge in [0.25, 0.3) is 0 Å². The lowest BCUT2D eigenvalue weighted by molar-refractivity contribution is -0.120. The quantitative estimate of drug-likeness (QED) is 0.526. The van der Waals surface area contributed by atoms with Gasteiger partial charge in [-0.25, -0.2) is 0 Å². The summed E-state index contributed by atoms with van der Waals surface area (Å²) in [6.45, 7) is 3.15. The van der Waals surface area contributed by atoms with Crippen LogP contribution in [0.4, 0.5) is 0 Å². The molecule has 90 valence electrons. The van der Waals surface area contributed by atoms with Crippen LogP contribution in [0.3, 0.4) is 0 Å². The minimum absolute atomic E-state index is 0.0627. The van der Waals surface area contributed by atoms with Crippen LogP contribution < -0.4 is 10.6 Å². The number of rotatable bonds is 8. The molecule has 0 saturated carbocycles. The van der Waals surface area contributed by atoms with Crippen molar-refractivity contribution in [3.05, 3.63) is 0 Å². The van der Waals surface area contributed by atoms with Crippen LogP contribution in [0.25, 0.3) is 0 Å². The maximum Gasteiger partial charge on any atom is 0.219 e. The lowest BCUT2D eigenvalue weighted by Crippen LogP contribution is -2.40. The van der Waals surface area contributed by atoms with E-state index < -0.39 is 5.60 Å². The Balaban J connectivity index is 3.41. The zero-order chi connectivity index (χ0) is 11.7. The Morgan fingerprint density at radius 3 is 2.73 bits per heavy atom. The van der Waals surface area contributed by atoms with Crippen molar-refractivity contribution in [2.45, 2.75) is 25.4 Å². The molecule has 15 heavy (non-hydrogen) atoms. The van der Waals surface area contributed by atoms with E-state index in [1.807, 2.05) is 13.2 Å². The van der Waals surface area contributed by atoms with E-state index in [4.69, 9.17) is 0 Å². The van der Waals surface area contributed by atoms with E-state index in [1.54, 1.807) is 18.8 Å². The second-order valence-electron chi connectivity index (χ2n) is 3.88. The zero-order valence-electron chi connectivity index (χ0n) is 9.80. The number of carbonyl (C=O) groups is 1. The van der Waals surface area contributed by atoms with Crippen LogP contribution in [0, 0.1) is 0 Å². The van der Waals surface area contributed by atoms with Crippen LogP contribution >= 0.6 is 11.8 Å². The fourth-order valence-corrected chi connectivity index (χ4v) is 1.94. The van der Waals surface area contributed by atoms with Crippen LogP contribution in [0.5, 0.6) is 0 Å². The van der Waals surface area contributed by atoms with Crippen LogP contribution in [-0.2, 0) is 4.79 Å². The highest BCUT2D eigenvalue weighted by Crippen LogP contribution is 2.08. The molecule has 0 bridgehead atoms. The van der Waals surface area contributed by atoms with Crippen LogP contribution in [0.1, 0.15) is 19.8 Å². The van der Waals surface area contributed by atoms with E-state index in [1.165, 1.54) is 0 Å². The van der Waals surface area contributed by atoms with E-state index in [0.717, 1.165) is 18.7 Å². The topological polar surface area (TPSA) is 61.4 Å². The molecule has 3 N–H and O–H groups in total. The Hall–Kier alpha value is -0.260. The monoisotopic (exact) mass is 234 g/mol. The number of amides is 1. The van der Waals surface area contributed by atoms with Crippen LogP contribution in [-0.4, -0.2) is 48.8 Å². The predicted molar refractivity (Wildman–Crippen MR) is 65.2 cm³/mol. The molecule has 1 unspecified atom stereocenters. The lowest BCUT2D eigenvalue weighted by atomic mass is 10.1. The molecule has 0 aromatic heterocycles. The Bertz CT molecular complexity index is 186. The molecule has 0 heterocycles. The minimum atomic E-state index is -0.660. The number of aliphatic hydroxyl groups is 1. The third-order valence-corrected chi connectivity index (χ3v) is 2.91. The molecule has 1 amide bonds. The van der Waals surface area contributed by atoms with Gasteiger partial charge in [-0.1, -0.05) is 0 Å². The maximum atomic E-state index is 10.9. The summed E-state index contributed by atoms with van der Waals surface area (Å²) in [5.41, 5.74) is -0.660. The van der Waals surface area contributed by atoms with Crippen LogP contribution in [0.2, 0.25) is 0 Å². The zero-order valence-corrected chi connectivity index (χ0v) is 10.6. The molecule has 0 spiro atoms. The van der Waals surface area contributed by atoms with Crippen molar-refractivity contribution in [1.82, 2.24) is 10.6 Å². The summed E-state index contributed by atoms with van der Waals surface area (Å²) in [5.74, 6) is 0.780. The standard InChI is InChI=1S/C10H22N2O2S/c1-10(14,8-15-3)7-12-6-4-5-9(13)11-2/h12,14H,4-8H2,1-3H3,(H,11,13). The first-order valence-electron chi connectivity index (χ1n) is 5.14. The van der Waals surface area contributed by atoms with Gasteiger partial charge in [0.15, 0.2) is 0 Å². The maximum absolute atomic E-state index is 10.9. The van der Waals surface area contributed by atoms with Gasteiger partial charge >= 0.3 is 0 Å². The van der Waals surface area contributed by atoms with E-state index in [2.05, 4.69) is 10.6 Å². The molecule has 0 rings (SSSR count). The normalized spacial score (nSPS) is 14.7. The molecule has 5 heteroatoms. The smallest absolute Gasteiger partial charge is 0.219 e. The molecule has 1 atom stereocenters. The second kappa shape index (κ2) is 7.96. The molecule has 0 saturated heterocycles. The summed E-state index contributed by atoms with van der Waals surface area (Å²) in [6.07, 6.45) is 3.31. The van der Waals surface area contributed by atoms with Gasteiger partial charge < -0.3 is 15.7 Å². The Morgan fingerprint density at radius 2 is 2.20 bits per heavy atom. The van der Waals surface area contributed by atoms with E-state index in [0.29, 0.717) is 13.0 Å². The van der Waals surface area contributed by atoms with Gasteiger partial charge in [-0.05, 0) is 26.1 Å². The third kappa shape index (κ3) is 8.72. The SMILES string of the molecule is CNC(=O)CCCNCC(C)(O)CSC. The van der Waals surface area contributed by atoms with Gasteiger partial charge in [0, 0.05) is 25.8 Å². The predicted octanol–water partition coefficient (Wildman–Crippen LogP) is 0.216. The first-order chi connectivity index (χ1) is 7.02. The van der Waals surface area contributed by atoms with Gasteiger partial charge in [0.2, 0.25) is 5.91 Å². The van der Waals surface area contributed by atoms with Crippen molar-refractivity contribution < 1.29 is 9.90 Å². The highest BCUT2D eigenvalue weighted by molar-refractivity contribution is 7.98. The number of hydrogen-bond donors (Lipinski definition) is 3. The molecular formula is C10H22N2O2S. The molecule has 0 fully saturated rings. The fourth-order valence-electron chi connectivity index (χ4n) is 1.22. The molecule has 0 aliphatic rings. The van der Waals surface area contributed by atoms with Gasteiger partial charge in [-0.2, -0.15) is 11.8 Å². The molecule has 0 radical (unpaired) electrons. The average molecular weight is 234 g/mol.